The molecule has 116 valence electrons. The maximum atomic E-state index is 11.9. The van der Waals surface area contributed by atoms with E-state index in [0.717, 1.165) is 26.1 Å². The first-order chi connectivity index (χ1) is 10.8. The van der Waals surface area contributed by atoms with Gasteiger partial charge in [-0.25, -0.2) is 9.78 Å². The van der Waals surface area contributed by atoms with Crippen molar-refractivity contribution in [3.8, 4) is 0 Å². The summed E-state index contributed by atoms with van der Waals surface area (Å²) >= 11 is 0. The molecule has 1 saturated heterocycles. The zero-order valence-corrected chi connectivity index (χ0v) is 12.5. The van der Waals surface area contributed by atoms with Crippen LogP contribution < -0.4 is 15.5 Å². The number of amides is 2. The highest BCUT2D eigenvalue weighted by atomic mass is 16.2. The van der Waals surface area contributed by atoms with Crippen LogP contribution in [-0.2, 0) is 6.54 Å². The van der Waals surface area contributed by atoms with E-state index in [-0.39, 0.29) is 12.1 Å². The summed E-state index contributed by atoms with van der Waals surface area (Å²) < 4.78 is 1.94. The van der Waals surface area contributed by atoms with Crippen LogP contribution in [0.3, 0.4) is 0 Å². The highest BCUT2D eigenvalue weighted by Crippen LogP contribution is 2.19. The molecule has 0 spiro atoms. The predicted octanol–water partition coefficient (Wildman–Crippen LogP) is 1.46. The number of imidazole rings is 1. The van der Waals surface area contributed by atoms with Gasteiger partial charge in [0.05, 0.1) is 6.33 Å². The van der Waals surface area contributed by atoms with Crippen LogP contribution in [0.4, 0.5) is 10.5 Å². The van der Waals surface area contributed by atoms with Crippen LogP contribution in [-0.4, -0.2) is 41.3 Å². The highest BCUT2D eigenvalue weighted by Gasteiger charge is 2.23. The second-order valence-electron chi connectivity index (χ2n) is 5.47. The lowest BCUT2D eigenvalue weighted by atomic mass is 10.3. The average Bonchev–Trinajstić information content (AvgIpc) is 3.20. The van der Waals surface area contributed by atoms with Crippen molar-refractivity contribution in [1.82, 2.24) is 20.2 Å². The number of benzene rings is 1. The number of nitrogens with zero attached hydrogens (tertiary/aromatic N) is 3. The van der Waals surface area contributed by atoms with Crippen molar-refractivity contribution in [2.24, 2.45) is 0 Å². The molecule has 2 N–H and O–H groups in total. The van der Waals surface area contributed by atoms with Crippen LogP contribution in [0.25, 0.3) is 0 Å². The molecule has 1 atom stereocenters. The Labute approximate surface area is 130 Å². The molecule has 0 saturated carbocycles. The standard InChI is InChI=1S/C16H21N5O/c22-16(18-8-11-20-10-7-17-13-20)19-14-6-9-21(12-14)15-4-2-1-3-5-15/h1-5,7,10,13-14H,6,8-9,11-12H2,(H2,18,19,22). The second-order valence-corrected chi connectivity index (χ2v) is 5.47. The molecule has 6 nitrogen and oxygen atoms in total. The fourth-order valence-electron chi connectivity index (χ4n) is 2.71. The minimum Gasteiger partial charge on any atom is -0.369 e. The maximum absolute atomic E-state index is 11.9. The Morgan fingerprint density at radius 1 is 1.32 bits per heavy atom. The fraction of sp³-hybridized carbons (Fsp3) is 0.375. The van der Waals surface area contributed by atoms with E-state index in [1.54, 1.807) is 12.5 Å². The van der Waals surface area contributed by atoms with Gasteiger partial charge in [-0.15, -0.1) is 0 Å². The van der Waals surface area contributed by atoms with Crippen molar-refractivity contribution >= 4 is 11.7 Å². The third-order valence-electron chi connectivity index (χ3n) is 3.86. The van der Waals surface area contributed by atoms with Crippen molar-refractivity contribution in [1.29, 1.82) is 0 Å². The average molecular weight is 299 g/mol. The summed E-state index contributed by atoms with van der Waals surface area (Å²) in [7, 11) is 0. The Balaban J connectivity index is 1.39. The van der Waals surface area contributed by atoms with Crippen LogP contribution in [0.1, 0.15) is 6.42 Å². The fourth-order valence-corrected chi connectivity index (χ4v) is 2.71. The first kappa shape index (κ1) is 14.4. The van der Waals surface area contributed by atoms with Crippen molar-refractivity contribution in [3.05, 3.63) is 49.1 Å². The number of anilines is 1. The third-order valence-corrected chi connectivity index (χ3v) is 3.86. The number of urea groups is 1. The third kappa shape index (κ3) is 3.78. The van der Waals surface area contributed by atoms with Gasteiger partial charge in [-0.05, 0) is 18.6 Å². The lowest BCUT2D eigenvalue weighted by Gasteiger charge is -2.19. The van der Waals surface area contributed by atoms with Crippen molar-refractivity contribution in [2.75, 3.05) is 24.5 Å². The van der Waals surface area contributed by atoms with Crippen molar-refractivity contribution in [3.63, 3.8) is 0 Å². The summed E-state index contributed by atoms with van der Waals surface area (Å²) in [6, 6.07) is 10.4. The van der Waals surface area contributed by atoms with Crippen LogP contribution >= 0.6 is 0 Å². The van der Waals surface area contributed by atoms with Crippen LogP contribution in [0, 0.1) is 0 Å². The van der Waals surface area contributed by atoms with Gasteiger partial charge in [0.1, 0.15) is 0 Å². The van der Waals surface area contributed by atoms with Gasteiger partial charge in [-0.2, -0.15) is 0 Å². The van der Waals surface area contributed by atoms with E-state index in [1.165, 1.54) is 5.69 Å². The number of aromatic nitrogens is 2. The molecule has 22 heavy (non-hydrogen) atoms. The Hall–Kier alpha value is -2.50. The van der Waals surface area contributed by atoms with Crippen molar-refractivity contribution in [2.45, 2.75) is 19.0 Å². The van der Waals surface area contributed by atoms with E-state index in [2.05, 4.69) is 32.7 Å². The Bertz CT molecular complexity index is 584. The maximum Gasteiger partial charge on any atom is 0.315 e. The predicted molar refractivity (Wildman–Crippen MR) is 85.8 cm³/mol. The normalized spacial score (nSPS) is 17.5. The zero-order valence-electron chi connectivity index (χ0n) is 12.5. The summed E-state index contributed by atoms with van der Waals surface area (Å²) in [6.07, 6.45) is 6.34. The summed E-state index contributed by atoms with van der Waals surface area (Å²) in [5, 5.41) is 5.93. The molecule has 3 rings (SSSR count). The van der Waals surface area contributed by atoms with Gasteiger partial charge >= 0.3 is 6.03 Å². The van der Waals surface area contributed by atoms with E-state index in [1.807, 2.05) is 29.0 Å². The van der Waals surface area contributed by atoms with Gasteiger partial charge in [-0.3, -0.25) is 0 Å². The van der Waals surface area contributed by atoms with E-state index in [9.17, 15) is 4.79 Å². The zero-order chi connectivity index (χ0) is 15.2. The Morgan fingerprint density at radius 2 is 2.18 bits per heavy atom. The molecule has 1 unspecified atom stereocenters. The second kappa shape index (κ2) is 6.98. The largest absolute Gasteiger partial charge is 0.369 e. The molecule has 1 aliphatic heterocycles. The van der Waals surface area contributed by atoms with Gasteiger partial charge in [0.25, 0.3) is 0 Å². The first-order valence-electron chi connectivity index (χ1n) is 7.61. The van der Waals surface area contributed by atoms with E-state index < -0.39 is 0 Å². The van der Waals surface area contributed by atoms with Crippen LogP contribution in [0.2, 0.25) is 0 Å². The lowest BCUT2D eigenvalue weighted by Crippen LogP contribution is -2.44. The highest BCUT2D eigenvalue weighted by molar-refractivity contribution is 5.74. The van der Waals surface area contributed by atoms with Gasteiger partial charge in [0.15, 0.2) is 0 Å². The minimum atomic E-state index is -0.0972. The van der Waals surface area contributed by atoms with Crippen LogP contribution in [0.5, 0.6) is 0 Å². The smallest absolute Gasteiger partial charge is 0.315 e. The summed E-state index contributed by atoms with van der Waals surface area (Å²) in [5.41, 5.74) is 1.22. The molecule has 2 amide bonds. The van der Waals surface area contributed by atoms with Gasteiger partial charge in [-0.1, -0.05) is 18.2 Å². The summed E-state index contributed by atoms with van der Waals surface area (Å²) in [5.74, 6) is 0. The SMILES string of the molecule is O=C(NCCn1ccnc1)NC1CCN(c2ccccc2)C1. The Morgan fingerprint density at radius 3 is 2.95 bits per heavy atom. The summed E-state index contributed by atoms with van der Waals surface area (Å²) in [6.45, 7) is 3.16. The molecule has 1 fully saturated rings. The van der Waals surface area contributed by atoms with Crippen LogP contribution in [0.15, 0.2) is 49.1 Å². The summed E-state index contributed by atoms with van der Waals surface area (Å²) in [4.78, 5) is 18.2. The molecule has 1 aliphatic rings. The molecule has 0 bridgehead atoms. The van der Waals surface area contributed by atoms with E-state index in [4.69, 9.17) is 0 Å². The van der Waals surface area contributed by atoms with Gasteiger partial charge in [0.2, 0.25) is 0 Å². The lowest BCUT2D eigenvalue weighted by molar-refractivity contribution is 0.237. The van der Waals surface area contributed by atoms with Crippen molar-refractivity contribution < 1.29 is 4.79 Å². The molecular formula is C16H21N5O. The molecule has 1 aromatic heterocycles. The number of para-hydroxylation sites is 1. The van der Waals surface area contributed by atoms with Gasteiger partial charge in [0, 0.05) is 50.3 Å². The first-order valence-corrected chi connectivity index (χ1v) is 7.61. The van der Waals surface area contributed by atoms with E-state index in [0.29, 0.717) is 6.54 Å². The monoisotopic (exact) mass is 299 g/mol. The Kier molecular flexibility index (Phi) is 4.58. The quantitative estimate of drug-likeness (QED) is 0.878. The minimum absolute atomic E-state index is 0.0972. The molecule has 1 aromatic carbocycles. The molecule has 0 aliphatic carbocycles. The molecule has 2 aromatic rings. The number of hydrogen-bond donors (Lipinski definition) is 2. The van der Waals surface area contributed by atoms with Gasteiger partial charge < -0.3 is 20.1 Å². The number of rotatable bonds is 5. The van der Waals surface area contributed by atoms with E-state index >= 15 is 0 Å². The number of carbonyl (C=O) groups excluding carboxylic acids is 1. The topological polar surface area (TPSA) is 62.2 Å². The molecule has 6 heteroatoms. The molecule has 2 heterocycles. The number of carbonyl (C=O) groups is 1. The number of hydrogen-bond acceptors (Lipinski definition) is 3. The molecule has 0 radical (unpaired) electrons. The molecular weight excluding hydrogens is 278 g/mol. The number of nitrogens with one attached hydrogen (secondary N) is 2.